The molecule has 4 aromatic rings. The summed E-state index contributed by atoms with van der Waals surface area (Å²) in [5.74, 6) is 1.44. The van der Waals surface area contributed by atoms with Crippen LogP contribution in [0.1, 0.15) is 28.8 Å². The smallest absolute Gasteiger partial charge is 0.226 e. The number of halogens is 2. The molecule has 1 N–H and O–H groups in total. The van der Waals surface area contributed by atoms with E-state index in [1.165, 1.54) is 0 Å². The van der Waals surface area contributed by atoms with Crippen molar-refractivity contribution >= 4 is 34.8 Å². The van der Waals surface area contributed by atoms with E-state index in [0.29, 0.717) is 16.0 Å². The van der Waals surface area contributed by atoms with E-state index < -0.39 is 6.10 Å². The van der Waals surface area contributed by atoms with Gasteiger partial charge in [-0.3, -0.25) is 4.98 Å². The van der Waals surface area contributed by atoms with Gasteiger partial charge in [-0.25, -0.2) is 4.68 Å². The average Bonchev–Trinajstić information content (AvgIpc) is 3.28. The van der Waals surface area contributed by atoms with Gasteiger partial charge in [0.25, 0.3) is 0 Å². The van der Waals surface area contributed by atoms with Gasteiger partial charge in [0.05, 0.1) is 15.7 Å². The molecular weight excluding hydrogens is 433 g/mol. The molecule has 0 unspecified atom stereocenters. The number of aromatic nitrogens is 4. The number of nitrogens with one attached hydrogen (secondary N) is 1. The fraction of sp³-hybridized carbons (Fsp3) is 0.0870. The van der Waals surface area contributed by atoms with E-state index in [0.717, 1.165) is 33.7 Å². The summed E-state index contributed by atoms with van der Waals surface area (Å²) in [5, 5.41) is 8.95. The van der Waals surface area contributed by atoms with Gasteiger partial charge in [0, 0.05) is 23.5 Å². The quantitative estimate of drug-likeness (QED) is 0.436. The van der Waals surface area contributed by atoms with Crippen molar-refractivity contribution in [2.45, 2.75) is 12.1 Å². The molecule has 8 heteroatoms. The first-order chi connectivity index (χ1) is 15.2. The Morgan fingerprint density at radius 3 is 2.71 bits per heavy atom. The van der Waals surface area contributed by atoms with Gasteiger partial charge in [0.1, 0.15) is 24.2 Å². The number of para-hydroxylation sites is 1. The molecular formula is C23H15Cl2N5O. The molecule has 6 rings (SSSR count). The van der Waals surface area contributed by atoms with E-state index in [1.807, 2.05) is 59.4 Å². The molecule has 152 valence electrons. The number of anilines is 1. The summed E-state index contributed by atoms with van der Waals surface area (Å²) in [6, 6.07) is 17.2. The number of rotatable bonds is 2. The Morgan fingerprint density at radius 2 is 1.87 bits per heavy atom. The molecule has 0 amide bonds. The minimum Gasteiger partial charge on any atom is -0.480 e. The highest BCUT2D eigenvalue weighted by molar-refractivity contribution is 6.42. The lowest BCUT2D eigenvalue weighted by Gasteiger charge is -2.38. The predicted molar refractivity (Wildman–Crippen MR) is 119 cm³/mol. The fourth-order valence-electron chi connectivity index (χ4n) is 4.23. The van der Waals surface area contributed by atoms with Crippen molar-refractivity contribution in [1.29, 1.82) is 0 Å². The third-order valence-corrected chi connectivity index (χ3v) is 6.31. The number of fused-ring (bicyclic) bond motifs is 3. The molecule has 0 saturated carbocycles. The zero-order valence-corrected chi connectivity index (χ0v) is 17.5. The first-order valence-corrected chi connectivity index (χ1v) is 10.5. The van der Waals surface area contributed by atoms with Crippen molar-refractivity contribution < 1.29 is 4.74 Å². The number of pyridine rings is 1. The maximum absolute atomic E-state index is 6.54. The predicted octanol–water partition coefficient (Wildman–Crippen LogP) is 5.54. The van der Waals surface area contributed by atoms with Gasteiger partial charge in [0.2, 0.25) is 5.95 Å². The molecule has 2 aliphatic rings. The van der Waals surface area contributed by atoms with Gasteiger partial charge < -0.3 is 10.1 Å². The van der Waals surface area contributed by atoms with E-state index in [9.17, 15) is 0 Å². The summed E-state index contributed by atoms with van der Waals surface area (Å²) in [6.45, 7) is 0. The average molecular weight is 448 g/mol. The summed E-state index contributed by atoms with van der Waals surface area (Å²) in [6.07, 6.45) is 4.74. The fourth-order valence-corrected chi connectivity index (χ4v) is 4.53. The molecule has 0 spiro atoms. The summed E-state index contributed by atoms with van der Waals surface area (Å²) in [7, 11) is 0. The highest BCUT2D eigenvalue weighted by Gasteiger charge is 2.41. The van der Waals surface area contributed by atoms with Gasteiger partial charge in [0.15, 0.2) is 0 Å². The van der Waals surface area contributed by atoms with Crippen LogP contribution in [-0.4, -0.2) is 19.7 Å². The van der Waals surface area contributed by atoms with Gasteiger partial charge in [-0.2, -0.15) is 10.1 Å². The van der Waals surface area contributed by atoms with Crippen molar-refractivity contribution in [1.82, 2.24) is 19.7 Å². The molecule has 4 heterocycles. The highest BCUT2D eigenvalue weighted by atomic mass is 35.5. The van der Waals surface area contributed by atoms with Crippen LogP contribution in [-0.2, 0) is 0 Å². The molecule has 0 fully saturated rings. The Morgan fingerprint density at radius 1 is 0.968 bits per heavy atom. The molecule has 0 aliphatic carbocycles. The molecule has 2 atom stereocenters. The third kappa shape index (κ3) is 2.91. The second-order valence-corrected chi connectivity index (χ2v) is 8.15. The molecule has 2 aliphatic heterocycles. The van der Waals surface area contributed by atoms with Crippen LogP contribution in [0.15, 0.2) is 78.9 Å². The van der Waals surface area contributed by atoms with E-state index in [2.05, 4.69) is 20.4 Å². The van der Waals surface area contributed by atoms with Crippen molar-refractivity contribution in [2.75, 3.05) is 5.32 Å². The zero-order chi connectivity index (χ0) is 20.9. The Labute approximate surface area is 188 Å². The van der Waals surface area contributed by atoms with E-state index in [1.54, 1.807) is 18.6 Å². The van der Waals surface area contributed by atoms with Gasteiger partial charge in [-0.1, -0.05) is 47.5 Å². The second-order valence-electron chi connectivity index (χ2n) is 7.34. The van der Waals surface area contributed by atoms with Crippen LogP contribution < -0.4 is 10.1 Å². The molecule has 0 saturated heterocycles. The van der Waals surface area contributed by atoms with Crippen LogP contribution in [0.2, 0.25) is 10.0 Å². The van der Waals surface area contributed by atoms with E-state index in [-0.39, 0.29) is 6.04 Å². The normalized spacial score (nSPS) is 19.0. The SMILES string of the molecule is Clc1ccc([C@H]2Oc3ccccc3C3=C2[C@@H](c2cccnc2)n2ncnc2N3)cc1Cl. The lowest BCUT2D eigenvalue weighted by Crippen LogP contribution is -2.32. The van der Waals surface area contributed by atoms with Crippen molar-refractivity contribution in [3.8, 4) is 5.75 Å². The maximum Gasteiger partial charge on any atom is 0.226 e. The first kappa shape index (κ1) is 18.4. The number of nitrogens with zero attached hydrogens (tertiary/aromatic N) is 4. The molecule has 0 radical (unpaired) electrons. The molecule has 2 aromatic heterocycles. The summed E-state index contributed by atoms with van der Waals surface area (Å²) < 4.78 is 8.40. The van der Waals surface area contributed by atoms with Crippen molar-refractivity contribution in [3.63, 3.8) is 0 Å². The number of benzene rings is 2. The topological polar surface area (TPSA) is 64.9 Å². The standard InChI is InChI=1S/C23H15Cl2N5O/c24-16-8-7-13(10-17(16)25)22-19-20(15-5-1-2-6-18(15)31-22)29-23-27-12-28-30(23)21(19)14-4-3-9-26-11-14/h1-12,21-22H,(H,27,28,29)/t21-,22-/m1/s1. The Hall–Kier alpha value is -3.35. The van der Waals surface area contributed by atoms with Crippen LogP contribution in [0.5, 0.6) is 5.75 Å². The zero-order valence-electron chi connectivity index (χ0n) is 16.0. The van der Waals surface area contributed by atoms with Crippen LogP contribution in [0.25, 0.3) is 5.70 Å². The monoisotopic (exact) mass is 447 g/mol. The van der Waals surface area contributed by atoms with Crippen LogP contribution >= 0.6 is 23.2 Å². The lowest BCUT2D eigenvalue weighted by atomic mass is 9.85. The first-order valence-electron chi connectivity index (χ1n) is 9.72. The highest BCUT2D eigenvalue weighted by Crippen LogP contribution is 2.50. The number of hydrogen-bond donors (Lipinski definition) is 1. The van der Waals surface area contributed by atoms with Crippen LogP contribution in [0.3, 0.4) is 0 Å². The lowest BCUT2D eigenvalue weighted by molar-refractivity contribution is 0.223. The number of ether oxygens (including phenoxy) is 1. The molecule has 2 aromatic carbocycles. The van der Waals surface area contributed by atoms with E-state index in [4.69, 9.17) is 27.9 Å². The largest absolute Gasteiger partial charge is 0.480 e. The Balaban J connectivity index is 1.63. The molecule has 31 heavy (non-hydrogen) atoms. The minimum absolute atomic E-state index is 0.254. The Bertz CT molecular complexity index is 1330. The van der Waals surface area contributed by atoms with Gasteiger partial charge in [-0.15, -0.1) is 0 Å². The third-order valence-electron chi connectivity index (χ3n) is 5.57. The van der Waals surface area contributed by atoms with Crippen molar-refractivity contribution in [2.24, 2.45) is 0 Å². The van der Waals surface area contributed by atoms with Crippen LogP contribution in [0.4, 0.5) is 5.95 Å². The maximum atomic E-state index is 6.54. The van der Waals surface area contributed by atoms with Crippen LogP contribution in [0, 0.1) is 0 Å². The number of hydrogen-bond acceptors (Lipinski definition) is 5. The van der Waals surface area contributed by atoms with Gasteiger partial charge in [-0.05, 0) is 41.5 Å². The second kappa shape index (κ2) is 7.11. The Kier molecular flexibility index (Phi) is 4.23. The summed E-state index contributed by atoms with van der Waals surface area (Å²) in [5.41, 5.74) is 4.80. The molecule has 0 bridgehead atoms. The van der Waals surface area contributed by atoms with Crippen molar-refractivity contribution in [3.05, 3.63) is 106 Å². The summed E-state index contributed by atoms with van der Waals surface area (Å²) >= 11 is 12.6. The minimum atomic E-state index is -0.408. The van der Waals surface area contributed by atoms with E-state index >= 15 is 0 Å². The summed E-state index contributed by atoms with van der Waals surface area (Å²) in [4.78, 5) is 8.77. The molecule has 6 nitrogen and oxygen atoms in total. The van der Waals surface area contributed by atoms with Gasteiger partial charge >= 0.3 is 0 Å².